The van der Waals surface area contributed by atoms with E-state index in [0.717, 1.165) is 22.0 Å². The number of hydrogen-bond acceptors (Lipinski definition) is 2. The molecule has 1 heterocycles. The van der Waals surface area contributed by atoms with Crippen LogP contribution in [0, 0.1) is 3.57 Å². The Morgan fingerprint density at radius 2 is 1.90 bits per heavy atom. The molecule has 1 fully saturated rings. The molecule has 114 valence electrons. The highest BCUT2D eigenvalue weighted by molar-refractivity contribution is 14.1. The van der Waals surface area contributed by atoms with Gasteiger partial charge in [-0.25, -0.2) is 0 Å². The Bertz CT molecular complexity index is 516. The topological polar surface area (TPSA) is 49.4 Å². The molecule has 0 aliphatic carbocycles. The van der Waals surface area contributed by atoms with E-state index in [1.165, 1.54) is 0 Å². The van der Waals surface area contributed by atoms with Crippen LogP contribution in [0.4, 0.5) is 0 Å². The van der Waals surface area contributed by atoms with Crippen molar-refractivity contribution in [3.05, 3.63) is 33.4 Å². The summed E-state index contributed by atoms with van der Waals surface area (Å²) >= 11 is 2.26. The summed E-state index contributed by atoms with van der Waals surface area (Å²) in [7, 11) is 0. The zero-order valence-electron chi connectivity index (χ0n) is 12.4. The van der Waals surface area contributed by atoms with Gasteiger partial charge in [-0.05, 0) is 53.6 Å². The van der Waals surface area contributed by atoms with Crippen LogP contribution < -0.4 is 5.32 Å². The molecule has 1 aromatic rings. The minimum absolute atomic E-state index is 0.0264. The maximum absolute atomic E-state index is 12.3. The van der Waals surface area contributed by atoms with Crippen molar-refractivity contribution in [2.45, 2.75) is 45.2 Å². The van der Waals surface area contributed by atoms with E-state index in [4.69, 9.17) is 0 Å². The number of halogens is 1. The molecule has 5 heteroatoms. The van der Waals surface area contributed by atoms with Crippen molar-refractivity contribution in [3.8, 4) is 0 Å². The fourth-order valence-electron chi connectivity index (χ4n) is 2.56. The minimum Gasteiger partial charge on any atom is -0.343 e. The van der Waals surface area contributed by atoms with E-state index >= 15 is 0 Å². The van der Waals surface area contributed by atoms with Gasteiger partial charge in [-0.3, -0.25) is 9.59 Å². The number of nitrogens with zero attached hydrogens (tertiary/aromatic N) is 1. The molecule has 1 aromatic carbocycles. The van der Waals surface area contributed by atoms with E-state index in [2.05, 4.69) is 34.8 Å². The zero-order valence-corrected chi connectivity index (χ0v) is 14.6. The van der Waals surface area contributed by atoms with Gasteiger partial charge in [0, 0.05) is 16.5 Å². The summed E-state index contributed by atoms with van der Waals surface area (Å²) in [6, 6.07) is 7.29. The minimum atomic E-state index is -0.415. The first-order chi connectivity index (χ1) is 10.0. The lowest BCUT2D eigenvalue weighted by Gasteiger charge is -2.38. The van der Waals surface area contributed by atoms with Crippen molar-refractivity contribution in [3.63, 3.8) is 0 Å². The largest absolute Gasteiger partial charge is 0.343 e. The second kappa shape index (κ2) is 7.24. The first kappa shape index (κ1) is 16.3. The van der Waals surface area contributed by atoms with Gasteiger partial charge < -0.3 is 10.2 Å². The summed E-state index contributed by atoms with van der Waals surface area (Å²) in [6.45, 7) is 4.49. The average molecular weight is 400 g/mol. The van der Waals surface area contributed by atoms with Crippen LogP contribution in [0.2, 0.25) is 0 Å². The van der Waals surface area contributed by atoms with Crippen molar-refractivity contribution in [1.29, 1.82) is 0 Å². The van der Waals surface area contributed by atoms with E-state index in [1.54, 1.807) is 11.8 Å². The molecule has 2 amide bonds. The van der Waals surface area contributed by atoms with Crippen molar-refractivity contribution >= 4 is 34.4 Å². The summed E-state index contributed by atoms with van der Waals surface area (Å²) < 4.78 is 1.16. The Morgan fingerprint density at radius 1 is 1.24 bits per heavy atom. The van der Waals surface area contributed by atoms with E-state index in [-0.39, 0.29) is 17.9 Å². The van der Waals surface area contributed by atoms with Crippen LogP contribution in [0.25, 0.3) is 0 Å². The number of amides is 2. The van der Waals surface area contributed by atoms with Gasteiger partial charge in [-0.2, -0.15) is 0 Å². The molecule has 1 aliphatic heterocycles. The van der Waals surface area contributed by atoms with Crippen LogP contribution in [-0.4, -0.2) is 35.3 Å². The molecule has 0 saturated carbocycles. The monoisotopic (exact) mass is 400 g/mol. The van der Waals surface area contributed by atoms with Crippen LogP contribution in [0.3, 0.4) is 0 Å². The first-order valence-corrected chi connectivity index (χ1v) is 8.46. The van der Waals surface area contributed by atoms with Crippen LogP contribution in [0.1, 0.15) is 32.3 Å². The number of nitrogens with one attached hydrogen (secondary N) is 1. The second-order valence-electron chi connectivity index (χ2n) is 5.46. The van der Waals surface area contributed by atoms with Gasteiger partial charge in [0.2, 0.25) is 11.8 Å². The normalized spacial score (nSPS) is 22.3. The molecule has 2 rings (SSSR count). The molecular formula is C16H21IN2O2. The Balaban J connectivity index is 2.17. The molecule has 1 saturated heterocycles. The molecule has 0 unspecified atom stereocenters. The van der Waals surface area contributed by atoms with E-state index < -0.39 is 6.04 Å². The quantitative estimate of drug-likeness (QED) is 0.772. The van der Waals surface area contributed by atoms with Crippen LogP contribution >= 0.6 is 22.6 Å². The summed E-state index contributed by atoms with van der Waals surface area (Å²) in [6.07, 6.45) is 2.51. The van der Waals surface area contributed by atoms with Crippen molar-refractivity contribution in [2.24, 2.45) is 0 Å². The predicted octanol–water partition coefficient (Wildman–Crippen LogP) is 2.35. The highest BCUT2D eigenvalue weighted by atomic mass is 127. The van der Waals surface area contributed by atoms with Crippen LogP contribution in [0.15, 0.2) is 24.3 Å². The van der Waals surface area contributed by atoms with Gasteiger partial charge in [-0.15, -0.1) is 0 Å². The first-order valence-electron chi connectivity index (χ1n) is 7.38. The average Bonchev–Trinajstić information content (AvgIpc) is 2.46. The lowest BCUT2D eigenvalue weighted by Crippen LogP contribution is -2.63. The van der Waals surface area contributed by atoms with E-state index in [1.807, 2.05) is 24.3 Å². The number of carbonyl (C=O) groups is 2. The zero-order chi connectivity index (χ0) is 15.4. The Hall–Kier alpha value is -1.11. The van der Waals surface area contributed by atoms with Gasteiger partial charge in [0.15, 0.2) is 0 Å². The van der Waals surface area contributed by atoms with Gasteiger partial charge in [0.1, 0.15) is 12.1 Å². The molecule has 0 aromatic heterocycles. The number of hydrogen-bond donors (Lipinski definition) is 1. The Kier molecular flexibility index (Phi) is 5.61. The van der Waals surface area contributed by atoms with Crippen LogP contribution in [-0.2, 0) is 16.0 Å². The second-order valence-corrected chi connectivity index (χ2v) is 6.71. The molecule has 2 atom stereocenters. The fourth-order valence-corrected chi connectivity index (χ4v) is 2.92. The molecule has 21 heavy (non-hydrogen) atoms. The summed E-state index contributed by atoms with van der Waals surface area (Å²) in [5, 5.41) is 2.79. The van der Waals surface area contributed by atoms with Gasteiger partial charge >= 0.3 is 0 Å². The van der Waals surface area contributed by atoms with Crippen LogP contribution in [0.5, 0.6) is 0 Å². The third-order valence-corrected chi connectivity index (χ3v) is 4.51. The number of unbranched alkanes of at least 4 members (excludes halogenated alkanes) is 1. The van der Waals surface area contributed by atoms with Crippen molar-refractivity contribution in [2.75, 3.05) is 6.54 Å². The van der Waals surface area contributed by atoms with Gasteiger partial charge in [-0.1, -0.05) is 25.5 Å². The standard InChI is InChI=1S/C16H21IN2O2/c1-3-4-9-19-14(15(20)18-11(2)16(19)21)10-12-5-7-13(17)8-6-12/h5-8,11,14H,3-4,9-10H2,1-2H3,(H,18,20)/t11-,14+/m0/s1. The number of benzene rings is 1. The molecule has 0 bridgehead atoms. The number of piperazine rings is 1. The van der Waals surface area contributed by atoms with Crippen molar-refractivity contribution < 1.29 is 9.59 Å². The van der Waals surface area contributed by atoms with Gasteiger partial charge in [0.25, 0.3) is 0 Å². The predicted molar refractivity (Wildman–Crippen MR) is 90.9 cm³/mol. The SMILES string of the molecule is CCCCN1C(=O)[C@H](C)NC(=O)[C@H]1Cc1ccc(I)cc1. The summed E-state index contributed by atoms with van der Waals surface area (Å²) in [5.41, 5.74) is 1.08. The van der Waals surface area contributed by atoms with Gasteiger partial charge in [0.05, 0.1) is 0 Å². The molecule has 1 N–H and O–H groups in total. The molecular weight excluding hydrogens is 379 g/mol. The smallest absolute Gasteiger partial charge is 0.245 e. The maximum Gasteiger partial charge on any atom is 0.245 e. The van der Waals surface area contributed by atoms with E-state index in [0.29, 0.717) is 13.0 Å². The molecule has 1 aliphatic rings. The Labute approximate surface area is 139 Å². The number of rotatable bonds is 5. The summed E-state index contributed by atoms with van der Waals surface area (Å²) in [5.74, 6) is -0.0182. The third kappa shape index (κ3) is 3.96. The molecule has 4 nitrogen and oxygen atoms in total. The fraction of sp³-hybridized carbons (Fsp3) is 0.500. The Morgan fingerprint density at radius 3 is 2.52 bits per heavy atom. The third-order valence-electron chi connectivity index (χ3n) is 3.79. The number of carbonyl (C=O) groups excluding carboxylic acids is 2. The van der Waals surface area contributed by atoms with Crippen molar-refractivity contribution in [1.82, 2.24) is 10.2 Å². The van der Waals surface area contributed by atoms with E-state index in [9.17, 15) is 9.59 Å². The lowest BCUT2D eigenvalue weighted by atomic mass is 9.99. The highest BCUT2D eigenvalue weighted by Gasteiger charge is 2.37. The molecule has 0 spiro atoms. The highest BCUT2D eigenvalue weighted by Crippen LogP contribution is 2.17. The molecule has 0 radical (unpaired) electrons. The maximum atomic E-state index is 12.3. The lowest BCUT2D eigenvalue weighted by molar-refractivity contribution is -0.148. The summed E-state index contributed by atoms with van der Waals surface area (Å²) in [4.78, 5) is 26.4.